The summed E-state index contributed by atoms with van der Waals surface area (Å²) in [6.07, 6.45) is 0. The first-order chi connectivity index (χ1) is 12.5. The molecule has 0 bridgehead atoms. The van der Waals surface area contributed by atoms with Crippen LogP contribution in [0.4, 0.5) is 11.5 Å². The van der Waals surface area contributed by atoms with Crippen molar-refractivity contribution in [1.29, 1.82) is 0 Å². The van der Waals surface area contributed by atoms with Crippen molar-refractivity contribution >= 4 is 17.4 Å². The number of nitrogens with one attached hydrogen (secondary N) is 1. The van der Waals surface area contributed by atoms with E-state index >= 15 is 0 Å². The number of likely N-dealkylation sites (N-methyl/N-ethyl adjacent to an activating group) is 1. The maximum atomic E-state index is 11.6. The van der Waals surface area contributed by atoms with Gasteiger partial charge in [-0.1, -0.05) is 12.1 Å². The summed E-state index contributed by atoms with van der Waals surface area (Å²) in [6, 6.07) is 9.07. The lowest BCUT2D eigenvalue weighted by Gasteiger charge is -2.40. The molecule has 1 atom stereocenters. The third kappa shape index (κ3) is 3.70. The van der Waals surface area contributed by atoms with Crippen LogP contribution in [0.15, 0.2) is 30.3 Å². The van der Waals surface area contributed by atoms with Crippen LogP contribution in [0.25, 0.3) is 11.3 Å². The Morgan fingerprint density at radius 2 is 2.12 bits per heavy atom. The SMILES string of the molecule is CNC(=O)CN1CCN(c2cc(-c3ccccc3O)nnc2N)C[C@H]1C. The molecule has 0 spiro atoms. The van der Waals surface area contributed by atoms with E-state index in [2.05, 4.69) is 32.2 Å². The monoisotopic (exact) mass is 356 g/mol. The Morgan fingerprint density at radius 1 is 1.35 bits per heavy atom. The highest BCUT2D eigenvalue weighted by atomic mass is 16.3. The Morgan fingerprint density at radius 3 is 2.81 bits per heavy atom. The van der Waals surface area contributed by atoms with Gasteiger partial charge in [-0.05, 0) is 25.1 Å². The van der Waals surface area contributed by atoms with Gasteiger partial charge < -0.3 is 21.1 Å². The second-order valence-electron chi connectivity index (χ2n) is 6.46. The highest BCUT2D eigenvalue weighted by Gasteiger charge is 2.27. The summed E-state index contributed by atoms with van der Waals surface area (Å²) in [5.41, 5.74) is 8.05. The van der Waals surface area contributed by atoms with Gasteiger partial charge in [-0.15, -0.1) is 10.2 Å². The van der Waals surface area contributed by atoms with Gasteiger partial charge in [0.1, 0.15) is 5.75 Å². The van der Waals surface area contributed by atoms with E-state index in [1.165, 1.54) is 0 Å². The number of aromatic nitrogens is 2. The predicted molar refractivity (Wildman–Crippen MR) is 101 cm³/mol. The number of amides is 1. The summed E-state index contributed by atoms with van der Waals surface area (Å²) in [6.45, 7) is 4.69. The molecule has 3 rings (SSSR count). The summed E-state index contributed by atoms with van der Waals surface area (Å²) in [5, 5.41) is 20.9. The molecule has 2 aromatic rings. The number of phenols is 1. The molecule has 0 radical (unpaired) electrons. The average Bonchev–Trinajstić information content (AvgIpc) is 2.64. The zero-order valence-electron chi connectivity index (χ0n) is 15.0. The molecule has 1 aromatic heterocycles. The molecule has 1 aliphatic rings. The first-order valence-corrected chi connectivity index (χ1v) is 8.60. The Hall–Kier alpha value is -2.87. The average molecular weight is 356 g/mol. The lowest BCUT2D eigenvalue weighted by Crippen LogP contribution is -2.54. The van der Waals surface area contributed by atoms with Crippen LogP contribution < -0.4 is 16.0 Å². The maximum absolute atomic E-state index is 11.6. The van der Waals surface area contributed by atoms with Gasteiger partial charge in [-0.25, -0.2) is 0 Å². The number of anilines is 2. The molecule has 0 unspecified atom stereocenters. The number of nitrogens with zero attached hydrogens (tertiary/aromatic N) is 4. The highest BCUT2D eigenvalue weighted by molar-refractivity contribution is 5.78. The molecule has 1 fully saturated rings. The molecular formula is C18H24N6O2. The van der Waals surface area contributed by atoms with Crippen LogP contribution in [0, 0.1) is 0 Å². The zero-order chi connectivity index (χ0) is 18.7. The summed E-state index contributed by atoms with van der Waals surface area (Å²) in [5.74, 6) is 0.523. The van der Waals surface area contributed by atoms with Crippen molar-refractivity contribution < 1.29 is 9.90 Å². The molecule has 26 heavy (non-hydrogen) atoms. The third-order valence-electron chi connectivity index (χ3n) is 4.71. The maximum Gasteiger partial charge on any atom is 0.233 e. The minimum Gasteiger partial charge on any atom is -0.507 e. The lowest BCUT2D eigenvalue weighted by molar-refractivity contribution is -0.122. The summed E-state index contributed by atoms with van der Waals surface area (Å²) < 4.78 is 0. The third-order valence-corrected chi connectivity index (χ3v) is 4.71. The van der Waals surface area contributed by atoms with Crippen LogP contribution in [0.3, 0.4) is 0 Å². The van der Waals surface area contributed by atoms with Crippen LogP contribution in [-0.4, -0.2) is 65.4 Å². The van der Waals surface area contributed by atoms with Crippen LogP contribution in [0.1, 0.15) is 6.92 Å². The minimum atomic E-state index is 0.0113. The van der Waals surface area contributed by atoms with Crippen LogP contribution >= 0.6 is 0 Å². The van der Waals surface area contributed by atoms with Gasteiger partial charge in [0, 0.05) is 38.3 Å². The van der Waals surface area contributed by atoms with E-state index < -0.39 is 0 Å². The van der Waals surface area contributed by atoms with E-state index in [1.807, 2.05) is 12.1 Å². The number of hydrogen-bond acceptors (Lipinski definition) is 7. The number of para-hydroxylation sites is 1. The molecule has 0 aliphatic carbocycles. The van der Waals surface area contributed by atoms with Crippen molar-refractivity contribution in [1.82, 2.24) is 20.4 Å². The molecule has 1 aromatic carbocycles. The number of rotatable bonds is 4. The number of nitrogen functional groups attached to an aromatic ring is 1. The van der Waals surface area contributed by atoms with Crippen molar-refractivity contribution in [3.8, 4) is 17.0 Å². The first-order valence-electron chi connectivity index (χ1n) is 8.60. The predicted octanol–water partition coefficient (Wildman–Crippen LogP) is 0.688. The fourth-order valence-electron chi connectivity index (χ4n) is 3.18. The van der Waals surface area contributed by atoms with Crippen molar-refractivity contribution in [2.24, 2.45) is 0 Å². The van der Waals surface area contributed by atoms with Crippen molar-refractivity contribution in [2.45, 2.75) is 13.0 Å². The van der Waals surface area contributed by atoms with E-state index in [-0.39, 0.29) is 17.7 Å². The Bertz CT molecular complexity index is 797. The van der Waals surface area contributed by atoms with Crippen LogP contribution in [0.2, 0.25) is 0 Å². The number of aromatic hydroxyl groups is 1. The molecule has 138 valence electrons. The summed E-state index contributed by atoms with van der Waals surface area (Å²) >= 11 is 0. The molecule has 1 amide bonds. The highest BCUT2D eigenvalue weighted by Crippen LogP contribution is 2.32. The Balaban J connectivity index is 1.81. The largest absolute Gasteiger partial charge is 0.507 e. The fourth-order valence-corrected chi connectivity index (χ4v) is 3.18. The van der Waals surface area contributed by atoms with Crippen LogP contribution in [0.5, 0.6) is 5.75 Å². The van der Waals surface area contributed by atoms with Gasteiger partial charge in [0.2, 0.25) is 5.91 Å². The smallest absolute Gasteiger partial charge is 0.233 e. The quantitative estimate of drug-likeness (QED) is 0.740. The van der Waals surface area contributed by atoms with E-state index in [0.717, 1.165) is 25.3 Å². The summed E-state index contributed by atoms with van der Waals surface area (Å²) in [7, 11) is 1.65. The number of benzene rings is 1. The van der Waals surface area contributed by atoms with Crippen molar-refractivity contribution in [3.63, 3.8) is 0 Å². The molecule has 0 saturated carbocycles. The standard InChI is InChI=1S/C18H24N6O2/c1-12-10-24(8-7-23(12)11-17(26)20-2)15-9-14(21-22-18(15)19)13-5-3-4-6-16(13)25/h3-6,9,12,25H,7-8,10-11H2,1-2H3,(H2,19,22)(H,20,26)/t12-/m1/s1. The normalized spacial score (nSPS) is 17.9. The Kier molecular flexibility index (Phi) is 5.22. The Labute approximate surface area is 152 Å². The van der Waals surface area contributed by atoms with E-state index in [9.17, 15) is 9.90 Å². The first kappa shape index (κ1) is 17.9. The van der Waals surface area contributed by atoms with Gasteiger partial charge in [0.15, 0.2) is 5.82 Å². The van der Waals surface area contributed by atoms with Crippen molar-refractivity contribution in [3.05, 3.63) is 30.3 Å². The number of piperazine rings is 1. The second-order valence-corrected chi connectivity index (χ2v) is 6.46. The number of carbonyl (C=O) groups is 1. The van der Waals surface area contributed by atoms with E-state index in [1.54, 1.807) is 25.2 Å². The van der Waals surface area contributed by atoms with Crippen LogP contribution in [-0.2, 0) is 4.79 Å². The number of carbonyl (C=O) groups excluding carboxylic acids is 1. The van der Waals surface area contributed by atoms with Gasteiger partial charge >= 0.3 is 0 Å². The molecule has 2 heterocycles. The lowest BCUT2D eigenvalue weighted by atomic mass is 10.1. The van der Waals surface area contributed by atoms with E-state index in [0.29, 0.717) is 23.6 Å². The van der Waals surface area contributed by atoms with Gasteiger partial charge in [0.25, 0.3) is 0 Å². The van der Waals surface area contributed by atoms with E-state index in [4.69, 9.17) is 5.73 Å². The molecule has 4 N–H and O–H groups in total. The number of phenolic OH excluding ortho intramolecular Hbond substituents is 1. The zero-order valence-corrected chi connectivity index (χ0v) is 15.0. The molecule has 8 heteroatoms. The molecule has 1 aliphatic heterocycles. The number of nitrogens with two attached hydrogens (primary N) is 1. The van der Waals surface area contributed by atoms with Gasteiger partial charge in [0.05, 0.1) is 17.9 Å². The minimum absolute atomic E-state index is 0.0113. The number of hydrogen-bond donors (Lipinski definition) is 3. The van der Waals surface area contributed by atoms with Crippen molar-refractivity contribution in [2.75, 3.05) is 43.9 Å². The molecule has 1 saturated heterocycles. The second kappa shape index (κ2) is 7.57. The summed E-state index contributed by atoms with van der Waals surface area (Å²) in [4.78, 5) is 15.9. The fraction of sp³-hybridized carbons (Fsp3) is 0.389. The topological polar surface area (TPSA) is 108 Å². The van der Waals surface area contributed by atoms with Gasteiger partial charge in [-0.2, -0.15) is 0 Å². The molecular weight excluding hydrogens is 332 g/mol. The molecule has 8 nitrogen and oxygen atoms in total. The van der Waals surface area contributed by atoms with Gasteiger partial charge in [-0.3, -0.25) is 9.69 Å².